The van der Waals surface area contributed by atoms with Crippen molar-refractivity contribution in [3.63, 3.8) is 0 Å². The summed E-state index contributed by atoms with van der Waals surface area (Å²) in [4.78, 5) is 4.81. The number of ether oxygens (including phenoxy) is 1. The van der Waals surface area contributed by atoms with E-state index in [0.29, 0.717) is 12.6 Å². The standard InChI is InChI=1S/C16H26N2O2/c1-13(2)18-10-8-17(9-11-18)12-15(19)14-6-4-5-7-16(14)20-3/h4-7,13,15,19H,8-12H2,1-3H3. The first kappa shape index (κ1) is 15.3. The van der Waals surface area contributed by atoms with Crippen molar-refractivity contribution in [3.8, 4) is 5.75 Å². The van der Waals surface area contributed by atoms with Crippen molar-refractivity contribution in [2.45, 2.75) is 26.0 Å². The number of aliphatic hydroxyl groups excluding tert-OH is 1. The highest BCUT2D eigenvalue weighted by atomic mass is 16.5. The van der Waals surface area contributed by atoms with Gasteiger partial charge < -0.3 is 9.84 Å². The van der Waals surface area contributed by atoms with Crippen LogP contribution in [0, 0.1) is 0 Å². The van der Waals surface area contributed by atoms with Crippen LogP contribution in [0.4, 0.5) is 0 Å². The van der Waals surface area contributed by atoms with Gasteiger partial charge in [0.2, 0.25) is 0 Å². The molecule has 0 bridgehead atoms. The molecule has 4 heteroatoms. The van der Waals surface area contributed by atoms with Crippen molar-refractivity contribution >= 4 is 0 Å². The molecule has 1 atom stereocenters. The van der Waals surface area contributed by atoms with Crippen LogP contribution in [0.1, 0.15) is 25.5 Å². The van der Waals surface area contributed by atoms with Crippen molar-refractivity contribution in [3.05, 3.63) is 29.8 Å². The van der Waals surface area contributed by atoms with Gasteiger partial charge in [-0.15, -0.1) is 0 Å². The monoisotopic (exact) mass is 278 g/mol. The summed E-state index contributed by atoms with van der Waals surface area (Å²) in [5.41, 5.74) is 0.876. The molecule has 20 heavy (non-hydrogen) atoms. The van der Waals surface area contributed by atoms with E-state index in [1.807, 2.05) is 24.3 Å². The first-order chi connectivity index (χ1) is 9.61. The Labute approximate surface area is 122 Å². The van der Waals surface area contributed by atoms with Crippen molar-refractivity contribution in [2.75, 3.05) is 39.8 Å². The van der Waals surface area contributed by atoms with Crippen LogP contribution in [0.5, 0.6) is 5.75 Å². The fourth-order valence-electron chi connectivity index (χ4n) is 2.75. The predicted molar refractivity (Wildman–Crippen MR) is 81.1 cm³/mol. The van der Waals surface area contributed by atoms with Gasteiger partial charge in [0.1, 0.15) is 5.75 Å². The molecule has 1 aromatic carbocycles. The molecular weight excluding hydrogens is 252 g/mol. The molecule has 1 aromatic rings. The quantitative estimate of drug-likeness (QED) is 0.890. The number of piperazine rings is 1. The molecule has 2 rings (SSSR count). The van der Waals surface area contributed by atoms with Gasteiger partial charge in [-0.25, -0.2) is 0 Å². The Kier molecular flexibility index (Phi) is 5.40. The van der Waals surface area contributed by atoms with Crippen LogP contribution < -0.4 is 4.74 Å². The molecule has 1 heterocycles. The van der Waals surface area contributed by atoms with Gasteiger partial charge in [0.05, 0.1) is 13.2 Å². The van der Waals surface area contributed by atoms with Crippen molar-refractivity contribution in [1.82, 2.24) is 9.80 Å². The van der Waals surface area contributed by atoms with Crippen LogP contribution in [0.25, 0.3) is 0 Å². The lowest BCUT2D eigenvalue weighted by molar-refractivity contribution is 0.0611. The normalized spacial score (nSPS) is 19.2. The first-order valence-electron chi connectivity index (χ1n) is 7.39. The van der Waals surface area contributed by atoms with Crippen LogP contribution in [0.3, 0.4) is 0 Å². The average molecular weight is 278 g/mol. The van der Waals surface area contributed by atoms with Crippen LogP contribution in [0.15, 0.2) is 24.3 Å². The van der Waals surface area contributed by atoms with E-state index in [2.05, 4.69) is 23.6 Å². The first-order valence-corrected chi connectivity index (χ1v) is 7.39. The zero-order valence-corrected chi connectivity index (χ0v) is 12.7. The lowest BCUT2D eigenvalue weighted by Crippen LogP contribution is -2.49. The summed E-state index contributed by atoms with van der Waals surface area (Å²) in [7, 11) is 1.65. The van der Waals surface area contributed by atoms with Crippen LogP contribution in [-0.2, 0) is 0 Å². The number of methoxy groups -OCH3 is 1. The van der Waals surface area contributed by atoms with Crippen LogP contribution in [-0.4, -0.2) is 60.8 Å². The molecule has 0 radical (unpaired) electrons. The van der Waals surface area contributed by atoms with Gasteiger partial charge in [0.15, 0.2) is 0 Å². The average Bonchev–Trinajstić information content (AvgIpc) is 2.47. The second kappa shape index (κ2) is 7.07. The highest BCUT2D eigenvalue weighted by Gasteiger charge is 2.22. The van der Waals surface area contributed by atoms with E-state index in [9.17, 15) is 5.11 Å². The summed E-state index contributed by atoms with van der Waals surface area (Å²) >= 11 is 0. The molecule has 0 aliphatic carbocycles. The molecule has 4 nitrogen and oxygen atoms in total. The second-order valence-corrected chi connectivity index (χ2v) is 5.69. The van der Waals surface area contributed by atoms with Gasteiger partial charge in [0, 0.05) is 44.3 Å². The SMILES string of the molecule is COc1ccccc1C(O)CN1CCN(C(C)C)CC1. The molecule has 0 saturated carbocycles. The van der Waals surface area contributed by atoms with Gasteiger partial charge in [-0.2, -0.15) is 0 Å². The fraction of sp³-hybridized carbons (Fsp3) is 0.625. The largest absolute Gasteiger partial charge is 0.496 e. The molecule has 0 spiro atoms. The number of hydrogen-bond donors (Lipinski definition) is 1. The molecular formula is C16H26N2O2. The molecule has 112 valence electrons. The highest BCUT2D eigenvalue weighted by Crippen LogP contribution is 2.25. The zero-order valence-electron chi connectivity index (χ0n) is 12.7. The summed E-state index contributed by atoms with van der Waals surface area (Å²) in [5.74, 6) is 0.765. The van der Waals surface area contributed by atoms with Gasteiger partial charge in [-0.1, -0.05) is 18.2 Å². The summed E-state index contributed by atoms with van der Waals surface area (Å²) < 4.78 is 5.32. The lowest BCUT2D eigenvalue weighted by Gasteiger charge is -2.37. The third kappa shape index (κ3) is 3.72. The van der Waals surface area contributed by atoms with Gasteiger partial charge in [-0.3, -0.25) is 9.80 Å². The second-order valence-electron chi connectivity index (χ2n) is 5.69. The third-order valence-electron chi connectivity index (χ3n) is 4.07. The Morgan fingerprint density at radius 2 is 1.80 bits per heavy atom. The van der Waals surface area contributed by atoms with E-state index in [1.165, 1.54) is 0 Å². The van der Waals surface area contributed by atoms with E-state index >= 15 is 0 Å². The van der Waals surface area contributed by atoms with E-state index in [4.69, 9.17) is 4.74 Å². The Morgan fingerprint density at radius 1 is 1.15 bits per heavy atom. The Balaban J connectivity index is 1.91. The summed E-state index contributed by atoms with van der Waals surface area (Å²) in [6.07, 6.45) is -0.489. The molecule has 0 aromatic heterocycles. The number of benzene rings is 1. The van der Waals surface area contributed by atoms with Gasteiger partial charge >= 0.3 is 0 Å². The summed E-state index contributed by atoms with van der Waals surface area (Å²) in [5, 5.41) is 10.4. The van der Waals surface area contributed by atoms with Crippen molar-refractivity contribution in [1.29, 1.82) is 0 Å². The number of hydrogen-bond acceptors (Lipinski definition) is 4. The number of β-amino-alcohol motifs (C(OH)–C–C–N with tert-alkyl or cyclic N) is 1. The predicted octanol–water partition coefficient (Wildman–Crippen LogP) is 1.75. The zero-order chi connectivity index (χ0) is 14.5. The number of para-hydroxylation sites is 1. The molecule has 1 aliphatic rings. The molecule has 1 unspecified atom stereocenters. The molecule has 1 N–H and O–H groups in total. The Bertz CT molecular complexity index is 415. The number of nitrogens with zero attached hydrogens (tertiary/aromatic N) is 2. The number of aliphatic hydroxyl groups is 1. The van der Waals surface area contributed by atoms with Gasteiger partial charge in [-0.05, 0) is 19.9 Å². The highest BCUT2D eigenvalue weighted by molar-refractivity contribution is 5.35. The minimum absolute atomic E-state index is 0.489. The number of rotatable bonds is 5. The fourth-order valence-corrected chi connectivity index (χ4v) is 2.75. The maximum absolute atomic E-state index is 10.4. The van der Waals surface area contributed by atoms with E-state index < -0.39 is 6.10 Å². The third-order valence-corrected chi connectivity index (χ3v) is 4.07. The topological polar surface area (TPSA) is 35.9 Å². The molecule has 1 aliphatic heterocycles. The summed E-state index contributed by atoms with van der Waals surface area (Å²) in [6.45, 7) is 9.34. The van der Waals surface area contributed by atoms with E-state index in [0.717, 1.165) is 37.5 Å². The molecule has 1 fully saturated rings. The Morgan fingerprint density at radius 3 is 2.40 bits per heavy atom. The maximum atomic E-state index is 10.4. The molecule has 1 saturated heterocycles. The lowest BCUT2D eigenvalue weighted by atomic mass is 10.1. The van der Waals surface area contributed by atoms with Crippen molar-refractivity contribution in [2.24, 2.45) is 0 Å². The molecule has 0 amide bonds. The van der Waals surface area contributed by atoms with Gasteiger partial charge in [0.25, 0.3) is 0 Å². The van der Waals surface area contributed by atoms with Crippen LogP contribution in [0.2, 0.25) is 0 Å². The maximum Gasteiger partial charge on any atom is 0.124 e. The summed E-state index contributed by atoms with van der Waals surface area (Å²) in [6, 6.07) is 8.31. The van der Waals surface area contributed by atoms with E-state index in [-0.39, 0.29) is 0 Å². The Hall–Kier alpha value is -1.10. The van der Waals surface area contributed by atoms with Crippen LogP contribution >= 0.6 is 0 Å². The minimum atomic E-state index is -0.489. The minimum Gasteiger partial charge on any atom is -0.496 e. The van der Waals surface area contributed by atoms with E-state index in [1.54, 1.807) is 7.11 Å². The smallest absolute Gasteiger partial charge is 0.124 e. The van der Waals surface area contributed by atoms with Crippen molar-refractivity contribution < 1.29 is 9.84 Å².